The normalized spacial score (nSPS) is 15.6. The molecule has 0 N–H and O–H groups in total. The molecule has 0 radical (unpaired) electrons. The van der Waals surface area contributed by atoms with Crippen LogP contribution in [0.25, 0.3) is 0 Å². The molecule has 1 heterocycles. The number of amides is 1. The summed E-state index contributed by atoms with van der Waals surface area (Å²) >= 11 is 5.86. The average Bonchev–Trinajstić information content (AvgIpc) is 2.60. The fraction of sp³-hybridized carbons (Fsp3) is 0.273. The van der Waals surface area contributed by atoms with Gasteiger partial charge in [0, 0.05) is 5.71 Å². The molecular weight excluding hydrogens is 231 g/mol. The summed E-state index contributed by atoms with van der Waals surface area (Å²) in [7, 11) is 0. The zero-order valence-corrected chi connectivity index (χ0v) is 9.46. The lowest BCUT2D eigenvalue weighted by Gasteiger charge is -2.13. The van der Waals surface area contributed by atoms with Crippen molar-refractivity contribution in [2.24, 2.45) is 5.10 Å². The molecule has 0 aliphatic carbocycles. The van der Waals surface area contributed by atoms with Crippen LogP contribution in [-0.4, -0.2) is 11.6 Å². The van der Waals surface area contributed by atoms with Crippen molar-refractivity contribution < 1.29 is 9.18 Å². The second kappa shape index (κ2) is 4.22. The summed E-state index contributed by atoms with van der Waals surface area (Å²) in [5.74, 6) is -0.786. The van der Waals surface area contributed by atoms with Crippen LogP contribution in [0.5, 0.6) is 0 Å². The van der Waals surface area contributed by atoms with Gasteiger partial charge in [-0.3, -0.25) is 4.79 Å². The van der Waals surface area contributed by atoms with Gasteiger partial charge in [0.15, 0.2) is 5.82 Å². The van der Waals surface area contributed by atoms with E-state index >= 15 is 0 Å². The highest BCUT2D eigenvalue weighted by atomic mass is 35.5. The Kier molecular flexibility index (Phi) is 2.92. The average molecular weight is 241 g/mol. The van der Waals surface area contributed by atoms with Crippen LogP contribution in [0.1, 0.15) is 19.8 Å². The third-order valence-electron chi connectivity index (χ3n) is 2.39. The van der Waals surface area contributed by atoms with Crippen molar-refractivity contribution >= 4 is 28.9 Å². The van der Waals surface area contributed by atoms with Crippen LogP contribution in [0.2, 0.25) is 5.02 Å². The summed E-state index contributed by atoms with van der Waals surface area (Å²) < 4.78 is 13.6. The van der Waals surface area contributed by atoms with E-state index in [-0.39, 0.29) is 23.0 Å². The van der Waals surface area contributed by atoms with E-state index in [0.29, 0.717) is 6.42 Å². The zero-order valence-electron chi connectivity index (χ0n) is 8.70. The molecule has 1 amide bonds. The molecule has 1 aliphatic heterocycles. The first-order valence-corrected chi connectivity index (χ1v) is 5.34. The van der Waals surface area contributed by atoms with Crippen molar-refractivity contribution in [3.05, 3.63) is 29.0 Å². The summed E-state index contributed by atoms with van der Waals surface area (Å²) in [5.41, 5.74) is 0.780. The van der Waals surface area contributed by atoms with Gasteiger partial charge in [-0.05, 0) is 18.6 Å². The van der Waals surface area contributed by atoms with Gasteiger partial charge in [0.1, 0.15) is 5.69 Å². The Morgan fingerprint density at radius 1 is 1.56 bits per heavy atom. The van der Waals surface area contributed by atoms with Crippen LogP contribution >= 0.6 is 11.6 Å². The van der Waals surface area contributed by atoms with Crippen molar-refractivity contribution in [1.29, 1.82) is 0 Å². The fourth-order valence-corrected chi connectivity index (χ4v) is 1.79. The predicted molar refractivity (Wildman–Crippen MR) is 61.2 cm³/mol. The maximum absolute atomic E-state index is 13.6. The molecule has 0 fully saturated rings. The quantitative estimate of drug-likeness (QED) is 0.782. The first kappa shape index (κ1) is 11.1. The fourth-order valence-electron chi connectivity index (χ4n) is 1.54. The van der Waals surface area contributed by atoms with Gasteiger partial charge in [-0.25, -0.2) is 4.39 Å². The molecule has 1 aromatic carbocycles. The van der Waals surface area contributed by atoms with Gasteiger partial charge in [-0.2, -0.15) is 10.1 Å². The largest absolute Gasteiger partial charge is 0.272 e. The van der Waals surface area contributed by atoms with Crippen molar-refractivity contribution in [2.45, 2.75) is 19.8 Å². The topological polar surface area (TPSA) is 32.7 Å². The Morgan fingerprint density at radius 2 is 2.31 bits per heavy atom. The van der Waals surface area contributed by atoms with Crippen molar-refractivity contribution in [3.8, 4) is 0 Å². The molecule has 16 heavy (non-hydrogen) atoms. The molecule has 1 aromatic rings. The van der Waals surface area contributed by atoms with E-state index < -0.39 is 5.82 Å². The summed E-state index contributed by atoms with van der Waals surface area (Å²) in [4.78, 5) is 11.6. The van der Waals surface area contributed by atoms with Crippen molar-refractivity contribution in [1.82, 2.24) is 0 Å². The number of anilines is 1. The Hall–Kier alpha value is -1.42. The van der Waals surface area contributed by atoms with Gasteiger partial charge < -0.3 is 0 Å². The van der Waals surface area contributed by atoms with Crippen LogP contribution in [0.4, 0.5) is 10.1 Å². The van der Waals surface area contributed by atoms with Crippen molar-refractivity contribution in [2.75, 3.05) is 5.01 Å². The van der Waals surface area contributed by atoms with Gasteiger partial charge in [0.2, 0.25) is 0 Å². The van der Waals surface area contributed by atoms with Crippen LogP contribution in [-0.2, 0) is 4.79 Å². The van der Waals surface area contributed by atoms with Crippen LogP contribution in [0.3, 0.4) is 0 Å². The van der Waals surface area contributed by atoms with E-state index in [1.807, 2.05) is 6.92 Å². The molecule has 0 spiro atoms. The number of hydrogen-bond acceptors (Lipinski definition) is 2. The first-order valence-electron chi connectivity index (χ1n) is 4.96. The SMILES string of the molecule is CCC1=NN(c2c(F)cccc2Cl)C(=O)C1. The maximum atomic E-state index is 13.6. The van der Waals surface area contributed by atoms with Gasteiger partial charge in [0.25, 0.3) is 5.91 Å². The molecule has 5 heteroatoms. The number of benzene rings is 1. The minimum absolute atomic E-state index is 0.0395. The Bertz CT molecular complexity index is 453. The lowest BCUT2D eigenvalue weighted by Crippen LogP contribution is -2.21. The van der Waals surface area contributed by atoms with Gasteiger partial charge in [0.05, 0.1) is 11.4 Å². The van der Waals surface area contributed by atoms with Crippen LogP contribution < -0.4 is 5.01 Å². The number of halogens is 2. The predicted octanol–water partition coefficient (Wildman–Crippen LogP) is 2.98. The van der Waals surface area contributed by atoms with Crippen LogP contribution in [0.15, 0.2) is 23.3 Å². The van der Waals surface area contributed by atoms with Crippen molar-refractivity contribution in [3.63, 3.8) is 0 Å². The lowest BCUT2D eigenvalue weighted by molar-refractivity contribution is -0.116. The molecule has 0 saturated carbocycles. The standard InChI is InChI=1S/C11H10ClFN2O/c1-2-7-6-10(16)15(14-7)11-8(12)4-3-5-9(11)13/h3-5H,2,6H2,1H3. The minimum Gasteiger partial charge on any atom is -0.272 e. The summed E-state index contributed by atoms with van der Waals surface area (Å²) in [6.45, 7) is 1.90. The molecule has 1 aliphatic rings. The van der Waals surface area contributed by atoms with Gasteiger partial charge >= 0.3 is 0 Å². The number of hydrazone groups is 1. The zero-order chi connectivity index (χ0) is 11.7. The number of carbonyl (C=O) groups excluding carboxylic acids is 1. The highest BCUT2D eigenvalue weighted by Crippen LogP contribution is 2.31. The lowest BCUT2D eigenvalue weighted by atomic mass is 10.2. The van der Waals surface area contributed by atoms with Gasteiger partial charge in [-0.1, -0.05) is 24.6 Å². The van der Waals surface area contributed by atoms with E-state index in [1.165, 1.54) is 18.2 Å². The smallest absolute Gasteiger partial charge is 0.253 e. The van der Waals surface area contributed by atoms with E-state index in [2.05, 4.69) is 5.10 Å². The van der Waals surface area contributed by atoms with E-state index in [1.54, 1.807) is 0 Å². The third kappa shape index (κ3) is 1.80. The Balaban J connectivity index is 2.45. The summed E-state index contributed by atoms with van der Waals surface area (Å²) in [5, 5.41) is 5.30. The molecular formula is C11H10ClFN2O. The molecule has 0 unspecified atom stereocenters. The Labute approximate surface area is 97.5 Å². The number of hydrogen-bond donors (Lipinski definition) is 0. The van der Waals surface area contributed by atoms with E-state index in [4.69, 9.17) is 11.6 Å². The molecule has 0 saturated heterocycles. The highest BCUT2D eigenvalue weighted by molar-refractivity contribution is 6.34. The molecule has 2 rings (SSSR count). The van der Waals surface area contributed by atoms with E-state index in [9.17, 15) is 9.18 Å². The number of carbonyl (C=O) groups is 1. The number of nitrogens with zero attached hydrogens (tertiary/aromatic N) is 2. The molecule has 0 bridgehead atoms. The maximum Gasteiger partial charge on any atom is 0.253 e. The second-order valence-electron chi connectivity index (χ2n) is 3.47. The number of rotatable bonds is 2. The number of para-hydroxylation sites is 1. The second-order valence-corrected chi connectivity index (χ2v) is 3.88. The third-order valence-corrected chi connectivity index (χ3v) is 2.70. The van der Waals surface area contributed by atoms with E-state index in [0.717, 1.165) is 10.7 Å². The molecule has 84 valence electrons. The molecule has 0 atom stereocenters. The molecule has 0 aromatic heterocycles. The highest BCUT2D eigenvalue weighted by Gasteiger charge is 2.27. The van der Waals surface area contributed by atoms with Gasteiger partial charge in [-0.15, -0.1) is 0 Å². The minimum atomic E-state index is -0.540. The summed E-state index contributed by atoms with van der Waals surface area (Å²) in [6, 6.07) is 4.28. The Morgan fingerprint density at radius 3 is 2.88 bits per heavy atom. The summed E-state index contributed by atoms with van der Waals surface area (Å²) in [6.07, 6.45) is 0.912. The van der Waals surface area contributed by atoms with Crippen LogP contribution in [0, 0.1) is 5.82 Å². The monoisotopic (exact) mass is 240 g/mol. The molecule has 3 nitrogen and oxygen atoms in total. The first-order chi connectivity index (χ1) is 7.63.